The molecule has 0 heterocycles. The first-order valence-electron chi connectivity index (χ1n) is 4.69. The Bertz CT molecular complexity index is 347. The second-order valence-electron chi connectivity index (χ2n) is 3.42. The van der Waals surface area contributed by atoms with Crippen LogP contribution in [0.5, 0.6) is 0 Å². The van der Waals surface area contributed by atoms with Crippen LogP contribution in [0, 0.1) is 0 Å². The quantitative estimate of drug-likeness (QED) is 0.725. The molecule has 0 bridgehead atoms. The topological polar surface area (TPSA) is 63.3 Å². The third-order valence-electron chi connectivity index (χ3n) is 2.51. The van der Waals surface area contributed by atoms with Gasteiger partial charge in [0.15, 0.2) is 0 Å². The number of nitrogens with two attached hydrogens (primary N) is 1. The third kappa shape index (κ3) is 1.87. The fourth-order valence-electron chi connectivity index (χ4n) is 1.42. The molecule has 3 heteroatoms. The summed E-state index contributed by atoms with van der Waals surface area (Å²) in [5.74, 6) is -0.665. The van der Waals surface area contributed by atoms with Crippen molar-refractivity contribution in [3.8, 4) is 0 Å². The van der Waals surface area contributed by atoms with Gasteiger partial charge in [0.1, 0.15) is 0 Å². The van der Waals surface area contributed by atoms with Crippen LogP contribution in [0.25, 0.3) is 0 Å². The number of carboxylic acid groups (broad SMARTS) is 1. The van der Waals surface area contributed by atoms with Gasteiger partial charge in [0.05, 0.1) is 5.56 Å². The summed E-state index contributed by atoms with van der Waals surface area (Å²) in [4.78, 5) is 10.8. The predicted molar refractivity (Wildman–Crippen MR) is 56.5 cm³/mol. The summed E-state index contributed by atoms with van der Waals surface area (Å²) in [7, 11) is 0. The maximum absolute atomic E-state index is 10.8. The molecule has 0 aromatic heterocycles. The van der Waals surface area contributed by atoms with Crippen molar-refractivity contribution < 1.29 is 9.90 Å². The minimum absolute atomic E-state index is 0.197. The van der Waals surface area contributed by atoms with E-state index in [4.69, 9.17) is 10.8 Å². The van der Waals surface area contributed by atoms with E-state index < -0.39 is 5.97 Å². The first-order valence-corrected chi connectivity index (χ1v) is 4.69. The number of hydrogen-bond acceptors (Lipinski definition) is 2. The Labute approximate surface area is 83.6 Å². The molecular formula is C11H15NO2. The van der Waals surface area contributed by atoms with Gasteiger partial charge in [-0.15, -0.1) is 0 Å². The summed E-state index contributed by atoms with van der Waals surface area (Å²) in [6.07, 6.45) is 0.952. The molecule has 0 fully saturated rings. The van der Waals surface area contributed by atoms with Crippen molar-refractivity contribution in [1.29, 1.82) is 0 Å². The molecule has 0 aliphatic rings. The number of anilines is 1. The summed E-state index contributed by atoms with van der Waals surface area (Å²) in [6, 6.07) is 5.15. The Morgan fingerprint density at radius 1 is 1.57 bits per heavy atom. The van der Waals surface area contributed by atoms with Gasteiger partial charge in [0, 0.05) is 5.69 Å². The van der Waals surface area contributed by atoms with Crippen LogP contribution in [0.3, 0.4) is 0 Å². The maximum atomic E-state index is 10.8. The standard InChI is InChI=1S/C11H15NO2/c1-3-7(2)8-5-4-6-9(10(8)12)11(13)14/h4-7H,3,12H2,1-2H3,(H,13,14). The molecule has 0 aliphatic heterocycles. The molecule has 1 unspecified atom stereocenters. The zero-order chi connectivity index (χ0) is 10.7. The van der Waals surface area contributed by atoms with Crippen molar-refractivity contribution in [1.82, 2.24) is 0 Å². The lowest BCUT2D eigenvalue weighted by Gasteiger charge is -2.13. The summed E-state index contributed by atoms with van der Waals surface area (Å²) >= 11 is 0. The molecule has 0 amide bonds. The average molecular weight is 193 g/mol. The van der Waals surface area contributed by atoms with Crippen molar-refractivity contribution in [3.05, 3.63) is 29.3 Å². The van der Waals surface area contributed by atoms with Gasteiger partial charge in [-0.1, -0.05) is 26.0 Å². The molecule has 1 aromatic rings. The van der Waals surface area contributed by atoms with Gasteiger partial charge in [0.2, 0.25) is 0 Å². The summed E-state index contributed by atoms with van der Waals surface area (Å²) < 4.78 is 0. The Kier molecular flexibility index (Phi) is 3.12. The van der Waals surface area contributed by atoms with Gasteiger partial charge in [-0.25, -0.2) is 4.79 Å². The minimum atomic E-state index is -0.965. The molecule has 3 nitrogen and oxygen atoms in total. The molecule has 0 radical (unpaired) electrons. The molecule has 0 aliphatic carbocycles. The molecule has 1 atom stereocenters. The monoisotopic (exact) mass is 193 g/mol. The van der Waals surface area contributed by atoms with E-state index in [1.54, 1.807) is 6.07 Å². The molecular weight excluding hydrogens is 178 g/mol. The Hall–Kier alpha value is -1.51. The number of carbonyl (C=O) groups is 1. The first-order chi connectivity index (χ1) is 6.57. The van der Waals surface area contributed by atoms with E-state index in [1.165, 1.54) is 6.07 Å². The normalized spacial score (nSPS) is 12.4. The second-order valence-corrected chi connectivity index (χ2v) is 3.42. The van der Waals surface area contributed by atoms with Crippen LogP contribution in [-0.4, -0.2) is 11.1 Å². The highest BCUT2D eigenvalue weighted by molar-refractivity contribution is 5.94. The largest absolute Gasteiger partial charge is 0.478 e. The predicted octanol–water partition coefficient (Wildman–Crippen LogP) is 2.48. The van der Waals surface area contributed by atoms with Gasteiger partial charge in [-0.3, -0.25) is 0 Å². The van der Waals surface area contributed by atoms with E-state index >= 15 is 0 Å². The fraction of sp³-hybridized carbons (Fsp3) is 0.364. The zero-order valence-corrected chi connectivity index (χ0v) is 8.45. The summed E-state index contributed by atoms with van der Waals surface area (Å²) in [6.45, 7) is 4.09. The Morgan fingerprint density at radius 3 is 2.71 bits per heavy atom. The van der Waals surface area contributed by atoms with Gasteiger partial charge in [-0.05, 0) is 24.0 Å². The van der Waals surface area contributed by atoms with E-state index in [0.717, 1.165) is 12.0 Å². The number of para-hydroxylation sites is 1. The van der Waals surface area contributed by atoms with E-state index in [1.807, 2.05) is 13.0 Å². The average Bonchev–Trinajstić information content (AvgIpc) is 2.16. The molecule has 1 aromatic carbocycles. The van der Waals surface area contributed by atoms with Crippen LogP contribution in [0.4, 0.5) is 5.69 Å². The number of nitrogen functional groups attached to an aromatic ring is 1. The van der Waals surface area contributed by atoms with Gasteiger partial charge in [-0.2, -0.15) is 0 Å². The summed E-state index contributed by atoms with van der Waals surface area (Å²) in [5, 5.41) is 8.86. The van der Waals surface area contributed by atoms with Crippen LogP contribution < -0.4 is 5.73 Å². The van der Waals surface area contributed by atoms with Crippen molar-refractivity contribution in [2.24, 2.45) is 0 Å². The molecule has 14 heavy (non-hydrogen) atoms. The number of carboxylic acids is 1. The van der Waals surface area contributed by atoms with Crippen LogP contribution in [0.15, 0.2) is 18.2 Å². The fourth-order valence-corrected chi connectivity index (χ4v) is 1.42. The number of rotatable bonds is 3. The molecule has 76 valence electrons. The van der Waals surface area contributed by atoms with Crippen molar-refractivity contribution in [2.45, 2.75) is 26.2 Å². The van der Waals surface area contributed by atoms with E-state index in [2.05, 4.69) is 6.92 Å². The van der Waals surface area contributed by atoms with Crippen LogP contribution in [0.1, 0.15) is 42.1 Å². The van der Waals surface area contributed by atoms with Gasteiger partial charge >= 0.3 is 5.97 Å². The van der Waals surface area contributed by atoms with Crippen molar-refractivity contribution in [2.75, 3.05) is 5.73 Å². The maximum Gasteiger partial charge on any atom is 0.337 e. The molecule has 3 N–H and O–H groups in total. The lowest BCUT2D eigenvalue weighted by molar-refractivity contribution is 0.0698. The third-order valence-corrected chi connectivity index (χ3v) is 2.51. The van der Waals surface area contributed by atoms with E-state index in [-0.39, 0.29) is 5.56 Å². The summed E-state index contributed by atoms with van der Waals surface area (Å²) in [5.41, 5.74) is 7.30. The van der Waals surface area contributed by atoms with E-state index in [0.29, 0.717) is 11.6 Å². The highest BCUT2D eigenvalue weighted by Gasteiger charge is 2.13. The number of hydrogen-bond donors (Lipinski definition) is 2. The van der Waals surface area contributed by atoms with Crippen LogP contribution in [-0.2, 0) is 0 Å². The number of benzene rings is 1. The van der Waals surface area contributed by atoms with E-state index in [9.17, 15) is 4.79 Å². The Morgan fingerprint density at radius 2 is 2.21 bits per heavy atom. The first kappa shape index (κ1) is 10.6. The Balaban J connectivity index is 3.20. The van der Waals surface area contributed by atoms with Gasteiger partial charge in [0.25, 0.3) is 0 Å². The highest BCUT2D eigenvalue weighted by Crippen LogP contribution is 2.27. The highest BCUT2D eigenvalue weighted by atomic mass is 16.4. The van der Waals surface area contributed by atoms with Gasteiger partial charge < -0.3 is 10.8 Å². The molecule has 0 saturated heterocycles. The molecule has 0 spiro atoms. The van der Waals surface area contributed by atoms with Crippen molar-refractivity contribution >= 4 is 11.7 Å². The lowest BCUT2D eigenvalue weighted by Crippen LogP contribution is -2.06. The minimum Gasteiger partial charge on any atom is -0.478 e. The lowest BCUT2D eigenvalue weighted by atomic mass is 9.95. The number of aromatic carboxylic acids is 1. The zero-order valence-electron chi connectivity index (χ0n) is 8.45. The van der Waals surface area contributed by atoms with Crippen LogP contribution in [0.2, 0.25) is 0 Å². The second kappa shape index (κ2) is 4.13. The smallest absolute Gasteiger partial charge is 0.337 e. The molecule has 1 rings (SSSR count). The van der Waals surface area contributed by atoms with Crippen molar-refractivity contribution in [3.63, 3.8) is 0 Å². The van der Waals surface area contributed by atoms with Crippen LogP contribution >= 0.6 is 0 Å². The molecule has 0 saturated carbocycles. The SMILES string of the molecule is CCC(C)c1cccc(C(=O)O)c1N.